The van der Waals surface area contributed by atoms with Gasteiger partial charge in [-0.25, -0.2) is 8.10 Å². The van der Waals surface area contributed by atoms with Crippen LogP contribution in [0.1, 0.15) is 86.9 Å². The summed E-state index contributed by atoms with van der Waals surface area (Å²) in [5.74, 6) is 1.43. The Hall–Kier alpha value is -1.98. The van der Waals surface area contributed by atoms with Gasteiger partial charge in [0.1, 0.15) is 11.9 Å². The second-order valence-electron chi connectivity index (χ2n) is 11.1. The molecule has 1 aliphatic rings. The predicted molar refractivity (Wildman–Crippen MR) is 169 cm³/mol. The number of amides is 2. The molecule has 1 saturated heterocycles. The van der Waals surface area contributed by atoms with E-state index in [1.807, 2.05) is 18.2 Å². The summed E-state index contributed by atoms with van der Waals surface area (Å²) < 4.78 is 4.64. The quantitative estimate of drug-likeness (QED) is 0.174. The molecule has 212 valence electrons. The summed E-state index contributed by atoms with van der Waals surface area (Å²) in [6, 6.07) is 9.77. The molecule has 7 nitrogen and oxygen atoms in total. The van der Waals surface area contributed by atoms with E-state index in [1.165, 1.54) is 4.88 Å². The van der Waals surface area contributed by atoms with Crippen LogP contribution in [-0.2, 0) is 11.2 Å². The van der Waals surface area contributed by atoms with Gasteiger partial charge in [-0.2, -0.15) is 0 Å². The van der Waals surface area contributed by atoms with Crippen LogP contribution in [0.2, 0.25) is 0 Å². The Bertz CT molecular complexity index is 1240. The number of halogens is 1. The van der Waals surface area contributed by atoms with Gasteiger partial charge in [-0.15, -0.1) is 11.3 Å². The lowest BCUT2D eigenvalue weighted by molar-refractivity contribution is -0.123. The van der Waals surface area contributed by atoms with Crippen molar-refractivity contribution in [2.75, 3.05) is 19.6 Å². The molecule has 2 N–H and O–H groups in total. The molecule has 39 heavy (non-hydrogen) atoms. The number of hydrogen-bond donors (Lipinski definition) is 2. The molecule has 1 aromatic carbocycles. The number of imidazole rings is 1. The topological polar surface area (TPSA) is 79.3 Å². The first kappa shape index (κ1) is 30.0. The predicted octanol–water partition coefficient (Wildman–Crippen LogP) is 6.37. The molecule has 1 aliphatic heterocycles. The normalized spacial score (nSPS) is 17.2. The number of nitrogens with one attached hydrogen (secondary N) is 2. The number of aromatic nitrogens is 2. The highest BCUT2D eigenvalue weighted by molar-refractivity contribution is 14.1. The lowest BCUT2D eigenvalue weighted by atomic mass is 9.98. The number of carbonyl (C=O) groups excluding carboxylic acids is 2. The highest BCUT2D eigenvalue weighted by Crippen LogP contribution is 2.28. The number of nitrogens with zero attached hydrogens (tertiary/aromatic N) is 3. The van der Waals surface area contributed by atoms with Crippen molar-refractivity contribution in [2.24, 2.45) is 11.8 Å². The van der Waals surface area contributed by atoms with E-state index in [4.69, 9.17) is 4.98 Å². The lowest BCUT2D eigenvalue weighted by Gasteiger charge is -2.29. The molecule has 0 saturated carbocycles. The van der Waals surface area contributed by atoms with E-state index in [2.05, 4.69) is 86.4 Å². The third kappa shape index (κ3) is 7.82. The van der Waals surface area contributed by atoms with E-state index in [9.17, 15) is 9.59 Å². The summed E-state index contributed by atoms with van der Waals surface area (Å²) in [6.45, 7) is 11.3. The first-order valence-corrected chi connectivity index (χ1v) is 16.2. The Morgan fingerprint density at radius 2 is 2.00 bits per heavy atom. The fourth-order valence-electron chi connectivity index (χ4n) is 5.54. The molecule has 0 aliphatic carbocycles. The summed E-state index contributed by atoms with van der Waals surface area (Å²) >= 11 is 4.10. The first-order valence-electron chi connectivity index (χ1n) is 14.3. The summed E-state index contributed by atoms with van der Waals surface area (Å²) in [4.78, 5) is 32.8. The van der Waals surface area contributed by atoms with E-state index >= 15 is 0 Å². The maximum Gasteiger partial charge on any atom is 0.252 e. The van der Waals surface area contributed by atoms with Gasteiger partial charge < -0.3 is 15.2 Å². The van der Waals surface area contributed by atoms with Gasteiger partial charge in [0.15, 0.2) is 0 Å². The van der Waals surface area contributed by atoms with Gasteiger partial charge in [-0.05, 0) is 73.6 Å². The second-order valence-corrected chi connectivity index (χ2v) is 13.5. The van der Waals surface area contributed by atoms with E-state index in [1.54, 1.807) is 11.3 Å². The standard InChI is InChI=1S/C30H42IN5O2S/c1-5-23(6-2)36-27-12-11-22(16-25(27)33-28(36)17-24-10-8-14-39-24)29(37)34-26(15-20(3)4)30(38)32-18-21-9-7-13-35(31)19-21/h8,10-12,14,16,20-21,23,26H,5-7,9,13,15,17-19H2,1-4H3,(H,32,38)(H,34,37)/t21?,26-/m0/s1. The molecule has 2 amide bonds. The molecular formula is C30H42IN5O2S. The fourth-order valence-corrected chi connectivity index (χ4v) is 7.14. The van der Waals surface area contributed by atoms with Crippen molar-refractivity contribution in [3.63, 3.8) is 0 Å². The molecule has 0 spiro atoms. The number of piperidine rings is 1. The smallest absolute Gasteiger partial charge is 0.252 e. The molecule has 0 radical (unpaired) electrons. The average molecular weight is 664 g/mol. The molecular weight excluding hydrogens is 621 g/mol. The van der Waals surface area contributed by atoms with E-state index < -0.39 is 6.04 Å². The van der Waals surface area contributed by atoms with Crippen molar-refractivity contribution in [3.05, 3.63) is 52.0 Å². The monoisotopic (exact) mass is 663 g/mol. The Labute approximate surface area is 250 Å². The largest absolute Gasteiger partial charge is 0.354 e. The number of hydrogen-bond acceptors (Lipinski definition) is 5. The van der Waals surface area contributed by atoms with Gasteiger partial charge >= 0.3 is 0 Å². The molecule has 9 heteroatoms. The third-order valence-corrected chi connectivity index (χ3v) is 9.36. The summed E-state index contributed by atoms with van der Waals surface area (Å²) in [5, 5.41) is 8.25. The molecule has 2 aromatic heterocycles. The van der Waals surface area contributed by atoms with Crippen LogP contribution in [0.4, 0.5) is 0 Å². The molecule has 1 unspecified atom stereocenters. The molecule has 4 rings (SSSR count). The highest BCUT2D eigenvalue weighted by Gasteiger charge is 2.25. The van der Waals surface area contributed by atoms with Crippen molar-refractivity contribution < 1.29 is 9.59 Å². The maximum absolute atomic E-state index is 13.4. The summed E-state index contributed by atoms with van der Waals surface area (Å²) in [5.41, 5.74) is 2.42. The number of carbonyl (C=O) groups is 2. The van der Waals surface area contributed by atoms with Crippen LogP contribution >= 0.6 is 34.2 Å². The lowest BCUT2D eigenvalue weighted by Crippen LogP contribution is -2.49. The van der Waals surface area contributed by atoms with E-state index in [0.29, 0.717) is 30.5 Å². The molecule has 1 fully saturated rings. The SMILES string of the molecule is CCC(CC)n1c(Cc2cccs2)nc2cc(C(=O)N[C@@H](CC(C)C)C(=O)NCC3CCCN(I)C3)ccc21. The minimum atomic E-state index is -0.566. The number of rotatable bonds is 12. The van der Waals surface area contributed by atoms with Crippen LogP contribution in [0.25, 0.3) is 11.0 Å². The van der Waals surface area contributed by atoms with Gasteiger partial charge in [-0.1, -0.05) is 33.8 Å². The third-order valence-electron chi connectivity index (χ3n) is 7.61. The zero-order valence-corrected chi connectivity index (χ0v) is 26.6. The van der Waals surface area contributed by atoms with Crippen molar-refractivity contribution in [3.8, 4) is 0 Å². The van der Waals surface area contributed by atoms with Crippen LogP contribution in [0.15, 0.2) is 35.7 Å². The van der Waals surface area contributed by atoms with Gasteiger partial charge in [-0.3, -0.25) is 9.59 Å². The molecule has 0 bridgehead atoms. The number of fused-ring (bicyclic) bond motifs is 1. The Kier molecular flexibility index (Phi) is 10.8. The van der Waals surface area contributed by atoms with Crippen molar-refractivity contribution >= 4 is 57.0 Å². The minimum Gasteiger partial charge on any atom is -0.354 e. The van der Waals surface area contributed by atoms with E-state index in [-0.39, 0.29) is 17.7 Å². The number of benzene rings is 1. The van der Waals surface area contributed by atoms with Crippen LogP contribution in [-0.4, -0.2) is 50.2 Å². The van der Waals surface area contributed by atoms with Crippen LogP contribution in [0.5, 0.6) is 0 Å². The molecule has 3 aromatic rings. The van der Waals surface area contributed by atoms with E-state index in [0.717, 1.165) is 62.1 Å². The maximum atomic E-state index is 13.4. The van der Waals surface area contributed by atoms with Crippen LogP contribution in [0.3, 0.4) is 0 Å². The number of thiophene rings is 1. The van der Waals surface area contributed by atoms with Gasteiger partial charge in [0.05, 0.1) is 11.0 Å². The average Bonchev–Trinajstić information content (AvgIpc) is 3.55. The minimum absolute atomic E-state index is 0.0973. The van der Waals surface area contributed by atoms with Gasteiger partial charge in [0.2, 0.25) is 5.91 Å². The van der Waals surface area contributed by atoms with Gasteiger partial charge in [0, 0.05) is 65.4 Å². The summed E-state index contributed by atoms with van der Waals surface area (Å²) in [6.07, 6.45) is 5.68. The molecule has 2 atom stereocenters. The van der Waals surface area contributed by atoms with Gasteiger partial charge in [0.25, 0.3) is 5.91 Å². The highest BCUT2D eigenvalue weighted by atomic mass is 127. The summed E-state index contributed by atoms with van der Waals surface area (Å²) in [7, 11) is 0. The fraction of sp³-hybridized carbons (Fsp3) is 0.567. The molecule has 3 heterocycles. The van der Waals surface area contributed by atoms with Crippen molar-refractivity contribution in [2.45, 2.75) is 78.3 Å². The zero-order valence-electron chi connectivity index (χ0n) is 23.6. The van der Waals surface area contributed by atoms with Crippen LogP contribution in [0, 0.1) is 11.8 Å². The second kappa shape index (κ2) is 14.1. The van der Waals surface area contributed by atoms with Crippen molar-refractivity contribution in [1.82, 2.24) is 23.3 Å². The Morgan fingerprint density at radius 1 is 1.21 bits per heavy atom. The Balaban J connectivity index is 1.52. The zero-order chi connectivity index (χ0) is 27.9. The van der Waals surface area contributed by atoms with Crippen molar-refractivity contribution in [1.29, 1.82) is 0 Å². The van der Waals surface area contributed by atoms with Crippen LogP contribution < -0.4 is 10.6 Å². The Morgan fingerprint density at radius 3 is 2.67 bits per heavy atom. The first-order chi connectivity index (χ1) is 18.8.